The molecule has 0 spiro atoms. The molecule has 7 heteroatoms. The number of halogens is 2. The molecular weight excluding hydrogens is 450 g/mol. The fourth-order valence-electron chi connectivity index (χ4n) is 2.32. The van der Waals surface area contributed by atoms with Crippen molar-refractivity contribution in [2.24, 2.45) is 4.99 Å². The van der Waals surface area contributed by atoms with Gasteiger partial charge in [-0.25, -0.2) is 9.37 Å². The second-order valence-electron chi connectivity index (χ2n) is 5.64. The van der Waals surface area contributed by atoms with Crippen molar-refractivity contribution in [1.29, 1.82) is 0 Å². The van der Waals surface area contributed by atoms with Gasteiger partial charge in [0.05, 0.1) is 5.01 Å². The number of nitrogens with one attached hydrogen (secondary N) is 2. The van der Waals surface area contributed by atoms with E-state index in [1.54, 1.807) is 18.4 Å². The Morgan fingerprint density at radius 1 is 1.12 bits per heavy atom. The molecule has 0 aliphatic heterocycles. The Morgan fingerprint density at radius 3 is 2.48 bits per heavy atom. The fraction of sp³-hybridized carbons (Fsp3) is 0.444. The summed E-state index contributed by atoms with van der Waals surface area (Å²) in [7, 11) is 1.77. The maximum atomic E-state index is 12.9. The number of benzene rings is 1. The minimum Gasteiger partial charge on any atom is -0.356 e. The molecule has 0 saturated heterocycles. The molecule has 0 aliphatic carbocycles. The molecule has 0 atom stereocenters. The number of rotatable bonds is 8. The topological polar surface area (TPSA) is 49.3 Å². The number of aromatic nitrogens is 1. The van der Waals surface area contributed by atoms with Gasteiger partial charge in [-0.2, -0.15) is 0 Å². The molecule has 2 rings (SSSR count). The van der Waals surface area contributed by atoms with Crippen LogP contribution in [0.25, 0.3) is 0 Å². The van der Waals surface area contributed by atoms with E-state index in [1.165, 1.54) is 17.1 Å². The van der Waals surface area contributed by atoms with Crippen molar-refractivity contribution < 1.29 is 4.39 Å². The fourth-order valence-corrected chi connectivity index (χ4v) is 3.14. The van der Waals surface area contributed by atoms with Crippen LogP contribution in [0.4, 0.5) is 4.39 Å². The molecule has 0 fully saturated rings. The predicted octanol–water partition coefficient (Wildman–Crippen LogP) is 3.94. The Hall–Kier alpha value is -1.22. The van der Waals surface area contributed by atoms with Gasteiger partial charge in [0.15, 0.2) is 5.96 Å². The largest absolute Gasteiger partial charge is 0.356 e. The molecule has 0 amide bonds. The van der Waals surface area contributed by atoms with Gasteiger partial charge in [0.25, 0.3) is 0 Å². The van der Waals surface area contributed by atoms with Crippen LogP contribution in [0.1, 0.15) is 29.1 Å². The second-order valence-corrected chi connectivity index (χ2v) is 6.58. The summed E-state index contributed by atoms with van der Waals surface area (Å²) in [6.45, 7) is 3.69. The van der Waals surface area contributed by atoms with Crippen LogP contribution in [-0.4, -0.2) is 31.1 Å². The molecular formula is C18H26FIN4S. The van der Waals surface area contributed by atoms with Crippen molar-refractivity contribution in [3.8, 4) is 0 Å². The first-order valence-electron chi connectivity index (χ1n) is 8.27. The summed E-state index contributed by atoms with van der Waals surface area (Å²) in [5.41, 5.74) is 2.22. The third-order valence-electron chi connectivity index (χ3n) is 3.62. The lowest BCUT2D eigenvalue weighted by molar-refractivity contribution is 0.626. The lowest BCUT2D eigenvalue weighted by Crippen LogP contribution is -2.38. The standard InChI is InChI=1S/C18H25FN4S.HI/c1-14-13-24-17(23-14)5-3-4-11-21-18(20-2)22-12-10-15-6-8-16(19)9-7-15;/h6-9,13H,3-5,10-12H2,1-2H3,(H2,20,21,22);1H. The van der Waals surface area contributed by atoms with Gasteiger partial charge in [0.1, 0.15) is 5.82 Å². The highest BCUT2D eigenvalue weighted by molar-refractivity contribution is 14.0. The first-order chi connectivity index (χ1) is 11.7. The number of nitrogens with zero attached hydrogens (tertiary/aromatic N) is 2. The van der Waals surface area contributed by atoms with Crippen molar-refractivity contribution in [3.05, 3.63) is 51.7 Å². The first kappa shape index (κ1) is 21.8. The zero-order valence-electron chi connectivity index (χ0n) is 14.7. The third-order valence-corrected chi connectivity index (χ3v) is 4.65. The van der Waals surface area contributed by atoms with E-state index < -0.39 is 0 Å². The van der Waals surface area contributed by atoms with Crippen LogP contribution < -0.4 is 10.6 Å². The highest BCUT2D eigenvalue weighted by Crippen LogP contribution is 2.11. The summed E-state index contributed by atoms with van der Waals surface area (Å²) in [4.78, 5) is 8.69. The van der Waals surface area contributed by atoms with Gasteiger partial charge in [-0.1, -0.05) is 12.1 Å². The van der Waals surface area contributed by atoms with Crippen LogP contribution in [0.5, 0.6) is 0 Å². The van der Waals surface area contributed by atoms with Crippen LogP contribution in [-0.2, 0) is 12.8 Å². The Morgan fingerprint density at radius 2 is 1.84 bits per heavy atom. The van der Waals surface area contributed by atoms with E-state index in [-0.39, 0.29) is 29.8 Å². The van der Waals surface area contributed by atoms with Gasteiger partial charge in [-0.3, -0.25) is 4.99 Å². The number of aliphatic imine (C=N–C) groups is 1. The number of thiazole rings is 1. The molecule has 1 aromatic carbocycles. The van der Waals surface area contributed by atoms with Crippen molar-refractivity contribution in [3.63, 3.8) is 0 Å². The Bertz CT molecular complexity index is 643. The Labute approximate surface area is 170 Å². The lowest BCUT2D eigenvalue weighted by atomic mass is 10.1. The number of hydrogen-bond acceptors (Lipinski definition) is 3. The summed E-state index contributed by atoms with van der Waals surface area (Å²) < 4.78 is 12.9. The molecule has 0 saturated carbocycles. The Balaban J connectivity index is 0.00000312. The van der Waals surface area contributed by atoms with Crippen LogP contribution in [0.2, 0.25) is 0 Å². The Kier molecular flexibility index (Phi) is 10.6. The molecule has 0 radical (unpaired) electrons. The van der Waals surface area contributed by atoms with Crippen molar-refractivity contribution >= 4 is 41.3 Å². The molecule has 2 N–H and O–H groups in total. The maximum absolute atomic E-state index is 12.9. The second kappa shape index (κ2) is 12.2. The molecule has 1 aromatic heterocycles. The third kappa shape index (κ3) is 8.62. The van der Waals surface area contributed by atoms with Gasteiger partial charge in [-0.05, 0) is 50.3 Å². The monoisotopic (exact) mass is 476 g/mol. The van der Waals surface area contributed by atoms with Crippen molar-refractivity contribution in [2.75, 3.05) is 20.1 Å². The molecule has 0 unspecified atom stereocenters. The summed E-state index contributed by atoms with van der Waals surface area (Å²) >= 11 is 1.74. The minimum absolute atomic E-state index is 0. The number of aryl methyl sites for hydroxylation is 2. The van der Waals surface area contributed by atoms with Crippen LogP contribution in [0.3, 0.4) is 0 Å². The quantitative estimate of drug-likeness (QED) is 0.263. The van der Waals surface area contributed by atoms with Gasteiger partial charge >= 0.3 is 0 Å². The molecule has 0 aliphatic rings. The van der Waals surface area contributed by atoms with Crippen LogP contribution in [0.15, 0.2) is 34.6 Å². The summed E-state index contributed by atoms with van der Waals surface area (Å²) in [5, 5.41) is 9.91. The van der Waals surface area contributed by atoms with E-state index in [2.05, 4.69) is 26.0 Å². The minimum atomic E-state index is -0.197. The van der Waals surface area contributed by atoms with E-state index in [0.29, 0.717) is 0 Å². The lowest BCUT2D eigenvalue weighted by Gasteiger charge is -2.11. The first-order valence-corrected chi connectivity index (χ1v) is 9.15. The molecule has 138 valence electrons. The van der Waals surface area contributed by atoms with Crippen molar-refractivity contribution in [2.45, 2.75) is 32.6 Å². The maximum Gasteiger partial charge on any atom is 0.190 e. The smallest absolute Gasteiger partial charge is 0.190 e. The number of guanidine groups is 1. The molecule has 25 heavy (non-hydrogen) atoms. The van der Waals surface area contributed by atoms with Crippen molar-refractivity contribution in [1.82, 2.24) is 15.6 Å². The van der Waals surface area contributed by atoms with Crippen LogP contribution >= 0.6 is 35.3 Å². The van der Waals surface area contributed by atoms with E-state index in [1.807, 2.05) is 19.1 Å². The molecule has 4 nitrogen and oxygen atoms in total. The zero-order valence-corrected chi connectivity index (χ0v) is 17.9. The van der Waals surface area contributed by atoms with Gasteiger partial charge in [0.2, 0.25) is 0 Å². The van der Waals surface area contributed by atoms with Gasteiger partial charge in [0, 0.05) is 31.2 Å². The average molecular weight is 476 g/mol. The summed E-state index contributed by atoms with van der Waals surface area (Å²) in [6, 6.07) is 6.61. The SMILES string of the molecule is CN=C(NCCCCc1nc(C)cs1)NCCc1ccc(F)cc1.I. The summed E-state index contributed by atoms with van der Waals surface area (Å²) in [5.74, 6) is 0.610. The van der Waals surface area contributed by atoms with E-state index >= 15 is 0 Å². The average Bonchev–Trinajstić information content (AvgIpc) is 3.00. The predicted molar refractivity (Wildman–Crippen MR) is 115 cm³/mol. The van der Waals surface area contributed by atoms with E-state index in [4.69, 9.17) is 0 Å². The highest BCUT2D eigenvalue weighted by Gasteiger charge is 2.00. The number of hydrogen-bond donors (Lipinski definition) is 2. The van der Waals surface area contributed by atoms with E-state index in [9.17, 15) is 4.39 Å². The normalized spacial score (nSPS) is 11.1. The zero-order chi connectivity index (χ0) is 17.2. The van der Waals surface area contributed by atoms with E-state index in [0.717, 1.165) is 56.0 Å². The van der Waals surface area contributed by atoms with Gasteiger partial charge < -0.3 is 10.6 Å². The number of unbranched alkanes of at least 4 members (excludes halogenated alkanes) is 1. The summed E-state index contributed by atoms with van der Waals surface area (Å²) in [6.07, 6.45) is 4.07. The molecule has 2 aromatic rings. The molecule has 1 heterocycles. The van der Waals surface area contributed by atoms with Crippen LogP contribution in [0, 0.1) is 12.7 Å². The highest BCUT2D eigenvalue weighted by atomic mass is 127. The molecule has 0 bridgehead atoms. The van der Waals surface area contributed by atoms with Gasteiger partial charge in [-0.15, -0.1) is 35.3 Å².